The Balaban J connectivity index is 1.64. The molecule has 3 aromatic carbocycles. The highest BCUT2D eigenvalue weighted by atomic mass is 16.6. The number of amides is 2. The minimum absolute atomic E-state index is 0.0209. The monoisotopic (exact) mass is 432 g/mol. The van der Waals surface area contributed by atoms with Crippen molar-refractivity contribution in [1.82, 2.24) is 10.7 Å². The maximum absolute atomic E-state index is 12.9. The van der Waals surface area contributed by atoms with Crippen LogP contribution in [0.15, 0.2) is 84.0 Å². The van der Waals surface area contributed by atoms with E-state index in [1.54, 1.807) is 0 Å². The molecule has 0 aliphatic carbocycles. The molecule has 32 heavy (non-hydrogen) atoms. The van der Waals surface area contributed by atoms with E-state index in [-0.39, 0.29) is 29.5 Å². The number of aromatic hydroxyl groups is 1. The molecule has 0 fully saturated rings. The predicted octanol–water partition coefficient (Wildman–Crippen LogP) is 2.70. The van der Waals surface area contributed by atoms with Gasteiger partial charge in [-0.3, -0.25) is 19.7 Å². The summed E-state index contributed by atoms with van der Waals surface area (Å²) in [6.45, 7) is -0.339. The maximum Gasteiger partial charge on any atom is 0.278 e. The minimum atomic E-state index is -0.629. The number of carbonyl (C=O) groups is 2. The number of hydrazone groups is 1. The summed E-state index contributed by atoms with van der Waals surface area (Å²) < 4.78 is 0. The molecule has 0 bridgehead atoms. The molecular weight excluding hydrogens is 412 g/mol. The van der Waals surface area contributed by atoms with Crippen LogP contribution >= 0.6 is 0 Å². The van der Waals surface area contributed by atoms with E-state index < -0.39 is 16.7 Å². The Morgan fingerprint density at radius 1 is 1.00 bits per heavy atom. The standard InChI is InChI=1S/C23H20N4O5/c28-19-11-12-20(27(31)32)18(13-19)14-25-26-21(29)15-24-23(30)22(16-7-3-1-4-8-16)17-9-5-2-6-10-17/h1-14,22,28H,15H2,(H,24,30)(H,26,29)/b25-14+. The molecule has 3 rings (SSSR count). The van der Waals surface area contributed by atoms with E-state index in [0.29, 0.717) is 0 Å². The Kier molecular flexibility index (Phi) is 7.26. The predicted molar refractivity (Wildman–Crippen MR) is 118 cm³/mol. The van der Waals surface area contributed by atoms with E-state index in [4.69, 9.17) is 0 Å². The molecule has 9 heteroatoms. The molecule has 3 aromatic rings. The second-order valence-electron chi connectivity index (χ2n) is 6.77. The highest BCUT2D eigenvalue weighted by Crippen LogP contribution is 2.24. The molecule has 162 valence electrons. The molecule has 0 saturated heterocycles. The Bertz CT molecular complexity index is 1090. The van der Waals surface area contributed by atoms with Crippen LogP contribution in [0, 0.1) is 10.1 Å². The Hall–Kier alpha value is -4.53. The van der Waals surface area contributed by atoms with Crippen molar-refractivity contribution in [2.45, 2.75) is 5.92 Å². The van der Waals surface area contributed by atoms with Crippen LogP contribution in [0.1, 0.15) is 22.6 Å². The van der Waals surface area contributed by atoms with Gasteiger partial charge in [0.25, 0.3) is 11.6 Å². The molecule has 0 unspecified atom stereocenters. The zero-order chi connectivity index (χ0) is 22.9. The van der Waals surface area contributed by atoms with Gasteiger partial charge in [-0.1, -0.05) is 60.7 Å². The number of nitro benzene ring substituents is 1. The molecule has 0 heterocycles. The van der Waals surface area contributed by atoms with Crippen molar-refractivity contribution in [1.29, 1.82) is 0 Å². The molecule has 0 spiro atoms. The molecule has 0 radical (unpaired) electrons. The number of benzene rings is 3. The van der Waals surface area contributed by atoms with E-state index in [2.05, 4.69) is 15.8 Å². The van der Waals surface area contributed by atoms with Crippen LogP contribution in [0.25, 0.3) is 0 Å². The number of phenolic OH excluding ortho intramolecular Hbond substituents is 1. The summed E-state index contributed by atoms with van der Waals surface area (Å²) in [5.74, 6) is -1.74. The average Bonchev–Trinajstić information content (AvgIpc) is 2.79. The third-order valence-corrected chi connectivity index (χ3v) is 4.55. The maximum atomic E-state index is 12.9. The van der Waals surface area contributed by atoms with Crippen LogP contribution < -0.4 is 10.7 Å². The quantitative estimate of drug-likeness (QED) is 0.286. The zero-order valence-corrected chi connectivity index (χ0v) is 16.8. The summed E-state index contributed by atoms with van der Waals surface area (Å²) in [6.07, 6.45) is 1.05. The molecule has 2 amide bonds. The Morgan fingerprint density at radius 3 is 2.16 bits per heavy atom. The SMILES string of the molecule is O=C(CNC(=O)C(c1ccccc1)c1ccccc1)N/N=C/c1cc(O)ccc1[N+](=O)[O-]. The number of hydrogen-bond donors (Lipinski definition) is 3. The van der Waals surface area contributed by atoms with Crippen molar-refractivity contribution in [3.8, 4) is 5.75 Å². The van der Waals surface area contributed by atoms with Gasteiger partial charge in [0.15, 0.2) is 0 Å². The fourth-order valence-electron chi connectivity index (χ4n) is 3.08. The fourth-order valence-corrected chi connectivity index (χ4v) is 3.08. The lowest BCUT2D eigenvalue weighted by atomic mass is 9.90. The van der Waals surface area contributed by atoms with E-state index in [9.17, 15) is 24.8 Å². The molecule has 3 N–H and O–H groups in total. The topological polar surface area (TPSA) is 134 Å². The van der Waals surface area contributed by atoms with Gasteiger partial charge in [-0.05, 0) is 23.3 Å². The first-order chi connectivity index (χ1) is 15.5. The van der Waals surface area contributed by atoms with Crippen molar-refractivity contribution in [3.05, 3.63) is 106 Å². The van der Waals surface area contributed by atoms with Crippen LogP contribution in [-0.4, -0.2) is 34.6 Å². The van der Waals surface area contributed by atoms with Gasteiger partial charge in [-0.25, -0.2) is 5.43 Å². The second-order valence-corrected chi connectivity index (χ2v) is 6.77. The highest BCUT2D eigenvalue weighted by molar-refractivity contribution is 5.91. The van der Waals surface area contributed by atoms with Gasteiger partial charge in [0.05, 0.1) is 29.2 Å². The molecular formula is C23H20N4O5. The van der Waals surface area contributed by atoms with Crippen LogP contribution in [0.3, 0.4) is 0 Å². The van der Waals surface area contributed by atoms with Gasteiger partial charge in [0.1, 0.15) is 5.75 Å². The number of phenols is 1. The van der Waals surface area contributed by atoms with Crippen LogP contribution in [-0.2, 0) is 9.59 Å². The lowest BCUT2D eigenvalue weighted by Gasteiger charge is -2.17. The van der Waals surface area contributed by atoms with Crippen molar-refractivity contribution >= 4 is 23.7 Å². The first-order valence-electron chi connectivity index (χ1n) is 9.62. The fraction of sp³-hybridized carbons (Fsp3) is 0.0870. The third kappa shape index (κ3) is 5.76. The van der Waals surface area contributed by atoms with Crippen molar-refractivity contribution in [2.75, 3.05) is 6.54 Å². The van der Waals surface area contributed by atoms with E-state index in [1.165, 1.54) is 6.07 Å². The number of rotatable bonds is 8. The number of hydrogen-bond acceptors (Lipinski definition) is 6. The highest BCUT2D eigenvalue weighted by Gasteiger charge is 2.22. The first kappa shape index (κ1) is 22.2. The lowest BCUT2D eigenvalue weighted by molar-refractivity contribution is -0.385. The molecule has 0 aromatic heterocycles. The summed E-state index contributed by atoms with van der Waals surface area (Å²) >= 11 is 0. The summed E-state index contributed by atoms with van der Waals surface area (Å²) in [4.78, 5) is 35.4. The molecule has 0 atom stereocenters. The summed E-state index contributed by atoms with van der Waals surface area (Å²) in [5, 5.41) is 26.8. The average molecular weight is 432 g/mol. The zero-order valence-electron chi connectivity index (χ0n) is 16.8. The van der Waals surface area contributed by atoms with Crippen molar-refractivity contribution in [3.63, 3.8) is 0 Å². The van der Waals surface area contributed by atoms with E-state index >= 15 is 0 Å². The number of nitrogens with zero attached hydrogens (tertiary/aromatic N) is 2. The lowest BCUT2D eigenvalue weighted by Crippen LogP contribution is -2.37. The van der Waals surface area contributed by atoms with Crippen LogP contribution in [0.5, 0.6) is 5.75 Å². The van der Waals surface area contributed by atoms with Crippen molar-refractivity contribution in [2.24, 2.45) is 5.10 Å². The Morgan fingerprint density at radius 2 is 1.59 bits per heavy atom. The van der Waals surface area contributed by atoms with E-state index in [0.717, 1.165) is 29.5 Å². The van der Waals surface area contributed by atoms with Crippen LogP contribution in [0.4, 0.5) is 5.69 Å². The largest absolute Gasteiger partial charge is 0.508 e. The molecule has 0 aliphatic heterocycles. The third-order valence-electron chi connectivity index (χ3n) is 4.55. The van der Waals surface area contributed by atoms with Gasteiger partial charge in [0.2, 0.25) is 5.91 Å². The molecule has 0 saturated carbocycles. The van der Waals surface area contributed by atoms with Crippen molar-refractivity contribution < 1.29 is 19.6 Å². The van der Waals surface area contributed by atoms with Gasteiger partial charge in [0, 0.05) is 6.07 Å². The Labute approximate surface area is 183 Å². The summed E-state index contributed by atoms with van der Waals surface area (Å²) in [7, 11) is 0. The molecule has 0 aliphatic rings. The number of carbonyl (C=O) groups excluding carboxylic acids is 2. The normalized spacial score (nSPS) is 10.8. The van der Waals surface area contributed by atoms with Gasteiger partial charge >= 0.3 is 0 Å². The van der Waals surface area contributed by atoms with Gasteiger partial charge in [-0.2, -0.15) is 5.10 Å². The van der Waals surface area contributed by atoms with Gasteiger partial charge < -0.3 is 10.4 Å². The van der Waals surface area contributed by atoms with E-state index in [1.807, 2.05) is 60.7 Å². The first-order valence-corrected chi connectivity index (χ1v) is 9.62. The minimum Gasteiger partial charge on any atom is -0.508 e. The molecule has 9 nitrogen and oxygen atoms in total. The second kappa shape index (κ2) is 10.5. The number of nitrogens with one attached hydrogen (secondary N) is 2. The van der Waals surface area contributed by atoms with Gasteiger partial charge in [-0.15, -0.1) is 0 Å². The summed E-state index contributed by atoms with van der Waals surface area (Å²) in [5.41, 5.74) is 3.51. The number of nitro groups is 1. The van der Waals surface area contributed by atoms with Crippen LogP contribution in [0.2, 0.25) is 0 Å². The smallest absolute Gasteiger partial charge is 0.278 e. The summed E-state index contributed by atoms with van der Waals surface area (Å²) in [6, 6.07) is 21.9.